The Bertz CT molecular complexity index is 638. The summed E-state index contributed by atoms with van der Waals surface area (Å²) in [6.07, 6.45) is 0.203. The van der Waals surface area contributed by atoms with E-state index >= 15 is 0 Å². The van der Waals surface area contributed by atoms with E-state index in [1.165, 1.54) is 0 Å². The van der Waals surface area contributed by atoms with Crippen molar-refractivity contribution in [3.8, 4) is 0 Å². The van der Waals surface area contributed by atoms with Gasteiger partial charge in [0.15, 0.2) is 0 Å². The number of nitrogens with zero attached hydrogens (tertiary/aromatic N) is 4. The molecule has 2 aliphatic heterocycles. The Morgan fingerprint density at radius 3 is 2.77 bits per heavy atom. The molecule has 9 heteroatoms. The van der Waals surface area contributed by atoms with E-state index in [1.54, 1.807) is 0 Å². The van der Waals surface area contributed by atoms with Gasteiger partial charge >= 0.3 is 0 Å². The second-order valence-electron chi connectivity index (χ2n) is 6.11. The highest BCUT2D eigenvalue weighted by Gasteiger charge is 2.65. The molecular weight excluding hydrogens is 292 g/mol. The van der Waals surface area contributed by atoms with E-state index in [2.05, 4.69) is 9.79 Å². The molecule has 0 bridgehead atoms. The largest absolute Gasteiger partial charge is 0.623 e. The molecule has 1 aromatic heterocycles. The summed E-state index contributed by atoms with van der Waals surface area (Å²) in [4.78, 5) is 2.35. The molecule has 0 saturated carbocycles. The summed E-state index contributed by atoms with van der Waals surface area (Å²) in [5.41, 5.74) is -0.655. The molecular formula is C13H18N4O5. The van der Waals surface area contributed by atoms with Gasteiger partial charge in [0, 0.05) is 31.1 Å². The van der Waals surface area contributed by atoms with Gasteiger partial charge < -0.3 is 20.3 Å². The van der Waals surface area contributed by atoms with Crippen LogP contribution in [0.25, 0.3) is 0 Å². The summed E-state index contributed by atoms with van der Waals surface area (Å²) in [7, 11) is 0. The van der Waals surface area contributed by atoms with Crippen LogP contribution < -0.4 is 4.90 Å². The number of hydroxylamine groups is 1. The van der Waals surface area contributed by atoms with E-state index in [0.29, 0.717) is 55.5 Å². The van der Waals surface area contributed by atoms with E-state index in [9.17, 15) is 15.5 Å². The molecule has 3 aliphatic rings. The molecule has 120 valence electrons. The molecule has 0 unspecified atom stereocenters. The number of aromatic nitrogens is 2. The lowest BCUT2D eigenvalue weighted by Gasteiger charge is -2.33. The van der Waals surface area contributed by atoms with E-state index < -0.39 is 17.7 Å². The lowest BCUT2D eigenvalue weighted by molar-refractivity contribution is -0.808. The predicted molar refractivity (Wildman–Crippen MR) is 71.7 cm³/mol. The molecule has 9 nitrogen and oxygen atoms in total. The average Bonchev–Trinajstić information content (AvgIpc) is 2.99. The van der Waals surface area contributed by atoms with Crippen LogP contribution >= 0.6 is 0 Å². The number of morpholine rings is 1. The fourth-order valence-corrected chi connectivity index (χ4v) is 3.97. The molecule has 4 rings (SSSR count). The van der Waals surface area contributed by atoms with Crippen LogP contribution in [-0.2, 0) is 16.8 Å². The van der Waals surface area contributed by atoms with E-state index in [1.807, 2.05) is 11.8 Å². The van der Waals surface area contributed by atoms with Crippen LogP contribution in [-0.4, -0.2) is 58.1 Å². The lowest BCUT2D eigenvalue weighted by atomic mass is 9.76. The highest BCUT2D eigenvalue weighted by molar-refractivity contribution is 5.92. The van der Waals surface area contributed by atoms with Gasteiger partial charge in [-0.15, -0.1) is 0 Å². The second kappa shape index (κ2) is 4.64. The maximum atomic E-state index is 12.8. The zero-order valence-electron chi connectivity index (χ0n) is 12.3. The maximum absolute atomic E-state index is 12.8. The standard InChI is InChI=1S/C13H18N4O5/c1-8-12(15-4-6-21-7-5-15)16(19)10-3-2-9-11(13(8,10)18)14-22-17(9)20/h8,12,18H,2-7H2,1H3/t8-,12+,13-/m1/s1. The number of aliphatic hydroxyl groups is 1. The molecule has 1 aromatic rings. The van der Waals surface area contributed by atoms with Crippen LogP contribution in [0.3, 0.4) is 0 Å². The summed E-state index contributed by atoms with van der Waals surface area (Å²) in [6, 6.07) is 0. The van der Waals surface area contributed by atoms with Crippen LogP contribution in [0.15, 0.2) is 4.63 Å². The van der Waals surface area contributed by atoms with Gasteiger partial charge in [-0.2, -0.15) is 4.74 Å². The summed E-state index contributed by atoms with van der Waals surface area (Å²) in [6.45, 7) is 4.24. The highest BCUT2D eigenvalue weighted by atomic mass is 16.8. The van der Waals surface area contributed by atoms with Crippen molar-refractivity contribution >= 4 is 5.71 Å². The first-order chi connectivity index (χ1) is 10.5. The molecule has 22 heavy (non-hydrogen) atoms. The monoisotopic (exact) mass is 310 g/mol. The van der Waals surface area contributed by atoms with E-state index in [0.717, 1.165) is 4.74 Å². The summed E-state index contributed by atoms with van der Waals surface area (Å²) < 4.78 is 10.9. The van der Waals surface area contributed by atoms with Crippen molar-refractivity contribution in [2.24, 2.45) is 5.92 Å². The predicted octanol–water partition coefficient (Wildman–Crippen LogP) is -1.30. The Morgan fingerprint density at radius 1 is 1.32 bits per heavy atom. The molecule has 0 radical (unpaired) electrons. The van der Waals surface area contributed by atoms with Crippen LogP contribution in [0, 0.1) is 16.3 Å². The molecule has 3 heterocycles. The van der Waals surface area contributed by atoms with E-state index in [-0.39, 0.29) is 5.69 Å². The van der Waals surface area contributed by atoms with Crippen molar-refractivity contribution in [2.45, 2.75) is 31.5 Å². The lowest BCUT2D eigenvalue weighted by Crippen LogP contribution is -2.51. The van der Waals surface area contributed by atoms with Gasteiger partial charge in [0.25, 0.3) is 5.69 Å². The Hall–Kier alpha value is -1.71. The van der Waals surface area contributed by atoms with Gasteiger partial charge in [-0.05, 0) is 4.90 Å². The normalized spacial score (nSPS) is 35.5. The molecule has 0 aromatic carbocycles. The third-order valence-electron chi connectivity index (χ3n) is 5.13. The molecule has 1 fully saturated rings. The topological polar surface area (TPSA) is 112 Å². The number of ether oxygens (including phenoxy) is 1. The summed E-state index contributed by atoms with van der Waals surface area (Å²) in [5, 5.41) is 39.3. The zero-order valence-corrected chi connectivity index (χ0v) is 12.3. The van der Waals surface area contributed by atoms with Gasteiger partial charge in [-0.1, -0.05) is 6.92 Å². The Morgan fingerprint density at radius 2 is 2.05 bits per heavy atom. The smallest absolute Gasteiger partial charge is 0.263 e. The van der Waals surface area contributed by atoms with Crippen molar-refractivity contribution in [1.82, 2.24) is 10.1 Å². The molecule has 1 N–H and O–H groups in total. The SMILES string of the molecule is C[C@@H]1[C@@H](N2CCOCC2)[N+]([O-])=C2CCc3c(no[n+]3[O-])[C@]21O. The van der Waals surface area contributed by atoms with Gasteiger partial charge in [0.05, 0.1) is 19.1 Å². The average molecular weight is 310 g/mol. The third-order valence-corrected chi connectivity index (χ3v) is 5.13. The second-order valence-corrected chi connectivity index (χ2v) is 6.11. The quantitative estimate of drug-likeness (QED) is 0.507. The number of fused-ring (bicyclic) bond motifs is 3. The number of hydrogen-bond acceptors (Lipinski definition) is 7. The van der Waals surface area contributed by atoms with Crippen LogP contribution in [0.2, 0.25) is 0 Å². The van der Waals surface area contributed by atoms with Crippen LogP contribution in [0.1, 0.15) is 24.7 Å². The first-order valence-electron chi connectivity index (χ1n) is 7.51. The summed E-state index contributed by atoms with van der Waals surface area (Å²) >= 11 is 0. The van der Waals surface area contributed by atoms with Crippen LogP contribution in [0.4, 0.5) is 0 Å². The van der Waals surface area contributed by atoms with Gasteiger partial charge in [0.1, 0.15) is 0 Å². The summed E-state index contributed by atoms with van der Waals surface area (Å²) in [5.74, 6) is -0.415. The van der Waals surface area contributed by atoms with Crippen molar-refractivity contribution in [2.75, 3.05) is 26.3 Å². The van der Waals surface area contributed by atoms with Crippen molar-refractivity contribution in [3.63, 3.8) is 0 Å². The van der Waals surface area contributed by atoms with Crippen molar-refractivity contribution < 1.29 is 24.1 Å². The fraction of sp³-hybridized carbons (Fsp3) is 0.769. The van der Waals surface area contributed by atoms with Gasteiger partial charge in [-0.3, -0.25) is 4.63 Å². The van der Waals surface area contributed by atoms with Crippen molar-refractivity contribution in [1.29, 1.82) is 0 Å². The Labute approximate surface area is 126 Å². The van der Waals surface area contributed by atoms with E-state index in [4.69, 9.17) is 4.74 Å². The minimum absolute atomic E-state index is 0.188. The van der Waals surface area contributed by atoms with Gasteiger partial charge in [0.2, 0.25) is 23.2 Å². The van der Waals surface area contributed by atoms with Crippen LogP contribution in [0.5, 0.6) is 0 Å². The number of hydrogen-bond donors (Lipinski definition) is 1. The molecule has 0 spiro atoms. The number of rotatable bonds is 1. The minimum atomic E-state index is -1.53. The van der Waals surface area contributed by atoms with Gasteiger partial charge in [-0.25, -0.2) is 4.90 Å². The van der Waals surface area contributed by atoms with Crippen molar-refractivity contribution in [3.05, 3.63) is 21.8 Å². The first kappa shape index (κ1) is 13.9. The first-order valence-corrected chi connectivity index (χ1v) is 7.51. The fourth-order valence-electron chi connectivity index (χ4n) is 3.97. The molecule has 0 amide bonds. The Kier molecular flexibility index (Phi) is 2.94. The minimum Gasteiger partial charge on any atom is -0.623 e. The maximum Gasteiger partial charge on any atom is 0.263 e. The molecule has 1 saturated heterocycles. The molecule has 3 atom stereocenters. The third kappa shape index (κ3) is 1.61. The zero-order chi connectivity index (χ0) is 15.5. The highest BCUT2D eigenvalue weighted by Crippen LogP contribution is 2.44. The Balaban J connectivity index is 1.78. The molecule has 1 aliphatic carbocycles.